The zero-order valence-electron chi connectivity index (χ0n) is 15.3. The lowest BCUT2D eigenvalue weighted by Crippen LogP contribution is -2.43. The maximum atomic E-state index is 14.7. The quantitative estimate of drug-likeness (QED) is 0.656. The Hall–Kier alpha value is -2.90. The van der Waals surface area contributed by atoms with Crippen molar-refractivity contribution < 1.29 is 17.6 Å². The van der Waals surface area contributed by atoms with Crippen LogP contribution in [-0.2, 0) is 9.84 Å². The molecule has 1 N–H and O–H groups in total. The minimum atomic E-state index is -3.39. The van der Waals surface area contributed by atoms with Gasteiger partial charge in [-0.05, 0) is 48.5 Å². The van der Waals surface area contributed by atoms with Gasteiger partial charge in [-0.1, -0.05) is 29.8 Å². The number of benzene rings is 3. The third kappa shape index (κ3) is 3.47. The van der Waals surface area contributed by atoms with E-state index in [1.165, 1.54) is 41.3 Å². The van der Waals surface area contributed by atoms with Gasteiger partial charge >= 0.3 is 0 Å². The molecule has 0 fully saturated rings. The lowest BCUT2D eigenvalue weighted by molar-refractivity contribution is 0.0974. The van der Waals surface area contributed by atoms with E-state index in [9.17, 15) is 17.6 Å². The average Bonchev–Trinajstić information content (AvgIpc) is 2.68. The summed E-state index contributed by atoms with van der Waals surface area (Å²) >= 11 is 6.28. The minimum Gasteiger partial charge on any atom is -0.360 e. The SMILES string of the molecule is CS(=O)(=O)c1ccc(N2C(=O)c3ccccc3NC2c2c(F)cccc2Cl)cc1. The molecule has 3 aromatic carbocycles. The molecule has 4 rings (SSSR count). The van der Waals surface area contributed by atoms with Gasteiger partial charge in [-0.3, -0.25) is 9.69 Å². The molecular formula is C21H16ClFN2O3S. The molecular weight excluding hydrogens is 415 g/mol. The highest BCUT2D eigenvalue weighted by atomic mass is 35.5. The number of nitrogens with one attached hydrogen (secondary N) is 1. The molecule has 0 saturated carbocycles. The van der Waals surface area contributed by atoms with Crippen LogP contribution in [0.25, 0.3) is 0 Å². The van der Waals surface area contributed by atoms with Crippen LogP contribution in [0.4, 0.5) is 15.8 Å². The summed E-state index contributed by atoms with van der Waals surface area (Å²) in [7, 11) is -3.39. The van der Waals surface area contributed by atoms with E-state index in [2.05, 4.69) is 5.32 Å². The van der Waals surface area contributed by atoms with Crippen LogP contribution in [0.2, 0.25) is 5.02 Å². The third-order valence-corrected chi connectivity index (χ3v) is 6.20. The van der Waals surface area contributed by atoms with Crippen LogP contribution < -0.4 is 10.2 Å². The number of hydrogen-bond acceptors (Lipinski definition) is 4. The molecule has 1 aliphatic heterocycles. The fraction of sp³-hybridized carbons (Fsp3) is 0.0952. The fourth-order valence-electron chi connectivity index (χ4n) is 3.35. The molecule has 0 spiro atoms. The summed E-state index contributed by atoms with van der Waals surface area (Å²) < 4.78 is 38.2. The summed E-state index contributed by atoms with van der Waals surface area (Å²) in [6.07, 6.45) is 0.198. The van der Waals surface area contributed by atoms with Crippen LogP contribution in [-0.4, -0.2) is 20.6 Å². The van der Waals surface area contributed by atoms with Crippen molar-refractivity contribution in [2.75, 3.05) is 16.5 Å². The van der Waals surface area contributed by atoms with Gasteiger partial charge in [0.05, 0.1) is 15.5 Å². The van der Waals surface area contributed by atoms with Crippen LogP contribution in [0.15, 0.2) is 71.6 Å². The number of nitrogens with zero attached hydrogens (tertiary/aromatic N) is 1. The van der Waals surface area contributed by atoms with Crippen molar-refractivity contribution in [3.8, 4) is 0 Å². The molecule has 5 nitrogen and oxygen atoms in total. The highest BCUT2D eigenvalue weighted by molar-refractivity contribution is 7.90. The van der Waals surface area contributed by atoms with Crippen molar-refractivity contribution in [1.82, 2.24) is 0 Å². The number of anilines is 2. The Morgan fingerprint density at radius 2 is 1.69 bits per heavy atom. The normalized spacial score (nSPS) is 16.3. The Kier molecular flexibility index (Phi) is 4.80. The van der Waals surface area contributed by atoms with Gasteiger partial charge in [0.1, 0.15) is 12.0 Å². The molecule has 0 radical (unpaired) electrons. The highest BCUT2D eigenvalue weighted by Gasteiger charge is 2.36. The average molecular weight is 431 g/mol. The largest absolute Gasteiger partial charge is 0.360 e. The molecule has 0 aliphatic carbocycles. The van der Waals surface area contributed by atoms with Gasteiger partial charge in [0.25, 0.3) is 5.91 Å². The van der Waals surface area contributed by atoms with Gasteiger partial charge in [0.2, 0.25) is 0 Å². The number of fused-ring (bicyclic) bond motifs is 1. The monoisotopic (exact) mass is 430 g/mol. The fourth-order valence-corrected chi connectivity index (χ4v) is 4.24. The lowest BCUT2D eigenvalue weighted by atomic mass is 10.0. The summed E-state index contributed by atoms with van der Waals surface area (Å²) in [6.45, 7) is 0. The van der Waals surface area contributed by atoms with Gasteiger partial charge in [-0.2, -0.15) is 0 Å². The summed E-state index contributed by atoms with van der Waals surface area (Å²) in [4.78, 5) is 14.8. The molecule has 1 unspecified atom stereocenters. The first-order valence-electron chi connectivity index (χ1n) is 8.70. The van der Waals surface area contributed by atoms with Crippen molar-refractivity contribution in [3.63, 3.8) is 0 Å². The van der Waals surface area contributed by atoms with E-state index in [0.717, 1.165) is 6.26 Å². The molecule has 1 atom stereocenters. The van der Waals surface area contributed by atoms with Crippen molar-refractivity contribution in [2.45, 2.75) is 11.1 Å². The number of para-hydroxylation sites is 1. The number of hydrogen-bond donors (Lipinski definition) is 1. The Balaban J connectivity index is 1.89. The van der Waals surface area contributed by atoms with E-state index in [-0.39, 0.29) is 21.4 Å². The lowest BCUT2D eigenvalue weighted by Gasteiger charge is -2.38. The smallest absolute Gasteiger partial charge is 0.262 e. The second kappa shape index (κ2) is 7.17. The second-order valence-electron chi connectivity index (χ2n) is 6.67. The highest BCUT2D eigenvalue weighted by Crippen LogP contribution is 2.39. The van der Waals surface area contributed by atoms with Crippen LogP contribution in [0.1, 0.15) is 22.1 Å². The number of sulfone groups is 1. The first-order chi connectivity index (χ1) is 13.8. The summed E-state index contributed by atoms with van der Waals surface area (Å²) in [5, 5.41) is 3.35. The summed E-state index contributed by atoms with van der Waals surface area (Å²) in [6, 6.07) is 17.1. The van der Waals surface area contributed by atoms with Gasteiger partial charge in [-0.25, -0.2) is 12.8 Å². The van der Waals surface area contributed by atoms with Crippen LogP contribution >= 0.6 is 11.6 Å². The van der Waals surface area contributed by atoms with E-state index in [4.69, 9.17) is 11.6 Å². The predicted octanol–water partition coefficient (Wildman–Crippen LogP) is 4.65. The Morgan fingerprint density at radius 3 is 2.34 bits per heavy atom. The van der Waals surface area contributed by atoms with Crippen molar-refractivity contribution in [1.29, 1.82) is 0 Å². The van der Waals surface area contributed by atoms with Gasteiger partial charge in [0, 0.05) is 23.2 Å². The zero-order valence-corrected chi connectivity index (χ0v) is 16.8. The maximum Gasteiger partial charge on any atom is 0.262 e. The molecule has 1 heterocycles. The Morgan fingerprint density at radius 1 is 1.00 bits per heavy atom. The topological polar surface area (TPSA) is 66.5 Å². The molecule has 3 aromatic rings. The van der Waals surface area contributed by atoms with Crippen molar-refractivity contribution in [3.05, 3.63) is 88.7 Å². The van der Waals surface area contributed by atoms with Gasteiger partial charge < -0.3 is 5.32 Å². The van der Waals surface area contributed by atoms with Crippen LogP contribution in [0.3, 0.4) is 0 Å². The second-order valence-corrected chi connectivity index (χ2v) is 9.09. The minimum absolute atomic E-state index is 0.125. The molecule has 148 valence electrons. The molecule has 1 amide bonds. The van der Waals surface area contributed by atoms with Gasteiger partial charge in [-0.15, -0.1) is 0 Å². The standard InChI is InChI=1S/C21H16ClFN2O3S/c1-29(27,28)14-11-9-13(10-12-14)25-20(19-16(22)6-4-7-17(19)23)24-18-8-3-2-5-15(18)21(25)26/h2-12,20,24H,1H3. The van der Waals surface area contributed by atoms with Crippen molar-refractivity contribution in [2.24, 2.45) is 0 Å². The molecule has 1 aliphatic rings. The first-order valence-corrected chi connectivity index (χ1v) is 11.0. The van der Waals surface area contributed by atoms with Crippen LogP contribution in [0, 0.1) is 5.82 Å². The number of rotatable bonds is 3. The zero-order chi connectivity index (χ0) is 20.8. The first kappa shape index (κ1) is 19.4. The number of amides is 1. The summed E-state index contributed by atoms with van der Waals surface area (Å²) in [5.74, 6) is -0.907. The Bertz CT molecular complexity index is 1190. The van der Waals surface area contributed by atoms with E-state index in [0.29, 0.717) is 16.9 Å². The van der Waals surface area contributed by atoms with E-state index >= 15 is 0 Å². The predicted molar refractivity (Wildman–Crippen MR) is 111 cm³/mol. The van der Waals surface area contributed by atoms with E-state index < -0.39 is 21.8 Å². The van der Waals surface area contributed by atoms with Crippen molar-refractivity contribution >= 4 is 38.7 Å². The maximum absolute atomic E-state index is 14.7. The van der Waals surface area contributed by atoms with Gasteiger partial charge in [0.15, 0.2) is 9.84 Å². The van der Waals surface area contributed by atoms with Crippen LogP contribution in [0.5, 0.6) is 0 Å². The number of halogens is 2. The van der Waals surface area contributed by atoms with E-state index in [1.807, 2.05) is 0 Å². The third-order valence-electron chi connectivity index (χ3n) is 4.74. The molecule has 29 heavy (non-hydrogen) atoms. The molecule has 8 heteroatoms. The summed E-state index contributed by atoms with van der Waals surface area (Å²) in [5.41, 5.74) is 1.52. The molecule has 0 aromatic heterocycles. The molecule has 0 bridgehead atoms. The number of carbonyl (C=O) groups excluding carboxylic acids is 1. The number of carbonyl (C=O) groups is 1. The Labute approximate surface area is 172 Å². The molecule has 0 saturated heterocycles. The van der Waals surface area contributed by atoms with E-state index in [1.54, 1.807) is 30.3 Å².